The van der Waals surface area contributed by atoms with E-state index in [1.807, 2.05) is 19.1 Å². The lowest BCUT2D eigenvalue weighted by molar-refractivity contribution is 0.140. The largest absolute Gasteiger partial charge is 0.485 e. The Kier molecular flexibility index (Phi) is 6.18. The topological polar surface area (TPSA) is 120 Å². The lowest BCUT2D eigenvalue weighted by Crippen LogP contribution is -2.27. The van der Waals surface area contributed by atoms with Crippen molar-refractivity contribution in [1.82, 2.24) is 10.3 Å². The van der Waals surface area contributed by atoms with Crippen molar-refractivity contribution in [2.24, 2.45) is 4.40 Å². The average molecular weight is 503 g/mol. The second-order valence-electron chi connectivity index (χ2n) is 8.26. The van der Waals surface area contributed by atoms with Gasteiger partial charge in [-0.2, -0.15) is 5.26 Å². The van der Waals surface area contributed by atoms with E-state index in [1.54, 1.807) is 18.3 Å². The highest BCUT2D eigenvalue weighted by Crippen LogP contribution is 2.46. The Labute approximate surface area is 201 Å². The van der Waals surface area contributed by atoms with Crippen LogP contribution in [0.3, 0.4) is 0 Å². The maximum atomic E-state index is 14.3. The zero-order valence-electron chi connectivity index (χ0n) is 18.3. The molecule has 0 saturated carbocycles. The molecule has 0 spiro atoms. The van der Waals surface area contributed by atoms with Crippen LogP contribution in [-0.2, 0) is 11.3 Å². The van der Waals surface area contributed by atoms with E-state index in [1.165, 1.54) is 11.3 Å². The first-order chi connectivity index (χ1) is 16.3. The van der Waals surface area contributed by atoms with E-state index < -0.39 is 23.1 Å². The molecular formula is C23H23FN4O4S2. The Hall–Kier alpha value is -2.75. The van der Waals surface area contributed by atoms with E-state index in [-0.39, 0.29) is 18.9 Å². The number of pyridine rings is 1. The molecule has 3 N–H and O–H groups in total. The Balaban J connectivity index is 1.51. The number of rotatable bonds is 5. The van der Waals surface area contributed by atoms with Crippen LogP contribution in [-0.4, -0.2) is 51.1 Å². The molecule has 1 aromatic carbocycles. The van der Waals surface area contributed by atoms with E-state index in [0.29, 0.717) is 35.7 Å². The minimum atomic E-state index is -2.91. The molecule has 11 heteroatoms. The fourth-order valence-corrected chi connectivity index (χ4v) is 6.15. The van der Waals surface area contributed by atoms with Gasteiger partial charge < -0.3 is 14.8 Å². The second-order valence-corrected chi connectivity index (χ2v) is 11.2. The summed E-state index contributed by atoms with van der Waals surface area (Å²) in [6.45, 7) is 2.76. The molecule has 4 heterocycles. The standard InChI is InChI=1S/C23H23FN4O4S2/c1-13-6-14(9-25)7-17(22(13)32-20-11-26-10-18(20)24)16-2-4-27-19-8-15(33-23(16)19)12-31-21-3-5-34(29,30)28-21/h2,4,6-8,18,20,26,29-30H,3,5,10-12H2,1H3/t18-,20+/m0/s1. The number of thiophene rings is 1. The van der Waals surface area contributed by atoms with Crippen molar-refractivity contribution in [3.63, 3.8) is 0 Å². The summed E-state index contributed by atoms with van der Waals surface area (Å²) >= 11 is 1.49. The van der Waals surface area contributed by atoms with Gasteiger partial charge in [0.1, 0.15) is 18.5 Å². The van der Waals surface area contributed by atoms with E-state index in [2.05, 4.69) is 20.8 Å². The van der Waals surface area contributed by atoms with E-state index in [0.717, 1.165) is 26.2 Å². The van der Waals surface area contributed by atoms with Crippen LogP contribution in [0.15, 0.2) is 34.9 Å². The van der Waals surface area contributed by atoms with E-state index in [9.17, 15) is 18.8 Å². The van der Waals surface area contributed by atoms with Gasteiger partial charge in [0, 0.05) is 41.7 Å². The molecule has 178 valence electrons. The van der Waals surface area contributed by atoms with Gasteiger partial charge in [-0.25, -0.2) is 4.39 Å². The predicted octanol–water partition coefficient (Wildman–Crippen LogP) is 4.82. The summed E-state index contributed by atoms with van der Waals surface area (Å²) < 4.78 is 50.2. The molecule has 2 aliphatic heterocycles. The number of aromatic nitrogens is 1. The van der Waals surface area contributed by atoms with Crippen LogP contribution >= 0.6 is 22.1 Å². The first-order valence-electron chi connectivity index (χ1n) is 10.7. The Bertz CT molecular complexity index is 1320. The first-order valence-corrected chi connectivity index (χ1v) is 13.2. The molecule has 1 saturated heterocycles. The number of nitrogens with zero attached hydrogens (tertiary/aromatic N) is 3. The van der Waals surface area contributed by atoms with Crippen LogP contribution < -0.4 is 10.1 Å². The minimum Gasteiger partial charge on any atom is -0.485 e. The molecule has 0 aliphatic carbocycles. The number of benzene rings is 1. The number of alkyl halides is 1. The van der Waals surface area contributed by atoms with Crippen LogP contribution in [0.5, 0.6) is 5.75 Å². The summed E-state index contributed by atoms with van der Waals surface area (Å²) in [5.74, 6) is 1.08. The maximum absolute atomic E-state index is 14.3. The summed E-state index contributed by atoms with van der Waals surface area (Å²) in [6, 6.07) is 9.48. The Morgan fingerprint density at radius 1 is 1.29 bits per heavy atom. The highest BCUT2D eigenvalue weighted by molar-refractivity contribution is 8.23. The van der Waals surface area contributed by atoms with Crippen molar-refractivity contribution >= 4 is 38.2 Å². The van der Waals surface area contributed by atoms with Gasteiger partial charge in [0.15, 0.2) is 6.17 Å². The Morgan fingerprint density at radius 3 is 2.85 bits per heavy atom. The third kappa shape index (κ3) is 4.60. The van der Waals surface area contributed by atoms with Crippen molar-refractivity contribution < 1.29 is 23.0 Å². The average Bonchev–Trinajstić information content (AvgIpc) is 3.51. The Morgan fingerprint density at radius 2 is 2.15 bits per heavy atom. The number of nitriles is 1. The first kappa shape index (κ1) is 23.0. The highest BCUT2D eigenvalue weighted by atomic mass is 32.3. The summed E-state index contributed by atoms with van der Waals surface area (Å²) in [4.78, 5) is 5.36. The van der Waals surface area contributed by atoms with Crippen LogP contribution in [0.4, 0.5) is 4.39 Å². The summed E-state index contributed by atoms with van der Waals surface area (Å²) in [6.07, 6.45) is 0.374. The zero-order valence-corrected chi connectivity index (χ0v) is 20.0. The zero-order chi connectivity index (χ0) is 23.9. The van der Waals surface area contributed by atoms with Crippen molar-refractivity contribution in [2.75, 3.05) is 18.8 Å². The number of halogens is 1. The van der Waals surface area contributed by atoms with Crippen LogP contribution in [0.25, 0.3) is 21.3 Å². The van der Waals surface area contributed by atoms with Gasteiger partial charge in [-0.15, -0.1) is 15.7 Å². The number of fused-ring (bicyclic) bond motifs is 1. The summed E-state index contributed by atoms with van der Waals surface area (Å²) in [5.41, 5.74) is 3.56. The third-order valence-corrected chi connectivity index (χ3v) is 8.11. The van der Waals surface area contributed by atoms with E-state index >= 15 is 0 Å². The van der Waals surface area contributed by atoms with Crippen molar-refractivity contribution in [3.8, 4) is 22.9 Å². The quantitative estimate of drug-likeness (QED) is 0.458. The number of hydrogen-bond donors (Lipinski definition) is 3. The lowest BCUT2D eigenvalue weighted by atomic mass is 9.99. The van der Waals surface area contributed by atoms with Gasteiger partial charge >= 0.3 is 0 Å². The molecule has 0 unspecified atom stereocenters. The monoisotopic (exact) mass is 502 g/mol. The van der Waals surface area contributed by atoms with Gasteiger partial charge in [-0.1, -0.05) is 10.8 Å². The molecule has 2 aliphatic rings. The molecule has 5 rings (SSSR count). The molecule has 8 nitrogen and oxygen atoms in total. The van der Waals surface area contributed by atoms with Crippen molar-refractivity contribution in [2.45, 2.75) is 32.2 Å². The van der Waals surface area contributed by atoms with Gasteiger partial charge in [0.2, 0.25) is 5.90 Å². The van der Waals surface area contributed by atoms with Crippen LogP contribution in [0.2, 0.25) is 0 Å². The minimum absolute atomic E-state index is 0.189. The number of nitrogens with one attached hydrogen (secondary N) is 1. The SMILES string of the molecule is Cc1cc(C#N)cc(-c2ccnc3cc(COC4=NS(O)(O)CC4)sc23)c1O[C@@H]1CNC[C@@H]1F. The molecule has 1 fully saturated rings. The summed E-state index contributed by atoms with van der Waals surface area (Å²) in [5, 5.41) is 12.6. The van der Waals surface area contributed by atoms with Gasteiger partial charge in [-0.05, 0) is 36.8 Å². The molecule has 0 amide bonds. The van der Waals surface area contributed by atoms with Gasteiger partial charge in [0.05, 0.1) is 27.6 Å². The number of hydrogen-bond acceptors (Lipinski definition) is 9. The smallest absolute Gasteiger partial charge is 0.207 e. The van der Waals surface area contributed by atoms with Gasteiger partial charge in [-0.3, -0.25) is 14.1 Å². The van der Waals surface area contributed by atoms with Crippen LogP contribution in [0.1, 0.15) is 22.4 Å². The van der Waals surface area contributed by atoms with Crippen LogP contribution in [0, 0.1) is 18.3 Å². The molecule has 2 atom stereocenters. The second kappa shape index (κ2) is 9.13. The van der Waals surface area contributed by atoms with E-state index in [4.69, 9.17) is 9.47 Å². The molecule has 0 radical (unpaired) electrons. The fourth-order valence-electron chi connectivity index (χ4n) is 4.09. The normalized spacial score (nSPS) is 22.4. The number of aryl methyl sites for hydroxylation is 1. The van der Waals surface area contributed by atoms with Gasteiger partial charge in [0.25, 0.3) is 0 Å². The molecular weight excluding hydrogens is 479 g/mol. The predicted molar refractivity (Wildman–Crippen MR) is 131 cm³/mol. The number of ether oxygens (including phenoxy) is 2. The fraction of sp³-hybridized carbons (Fsp3) is 0.348. The maximum Gasteiger partial charge on any atom is 0.207 e. The molecule has 34 heavy (non-hydrogen) atoms. The third-order valence-electron chi connectivity index (χ3n) is 5.73. The molecule has 3 aromatic rings. The summed E-state index contributed by atoms with van der Waals surface area (Å²) in [7, 11) is -2.91. The van der Waals surface area contributed by atoms with Crippen molar-refractivity contribution in [1.29, 1.82) is 5.26 Å². The van der Waals surface area contributed by atoms with Crippen molar-refractivity contribution in [3.05, 3.63) is 46.5 Å². The highest BCUT2D eigenvalue weighted by Gasteiger charge is 2.30. The molecule has 2 aromatic heterocycles. The molecule has 0 bridgehead atoms. The lowest BCUT2D eigenvalue weighted by Gasteiger charge is -2.20.